The van der Waals surface area contributed by atoms with Gasteiger partial charge in [-0.15, -0.1) is 11.8 Å². The van der Waals surface area contributed by atoms with Gasteiger partial charge >= 0.3 is 5.97 Å². The van der Waals surface area contributed by atoms with Gasteiger partial charge in [0.05, 0.1) is 16.2 Å². The average Bonchev–Trinajstić information content (AvgIpc) is 2.96. The van der Waals surface area contributed by atoms with Crippen LogP contribution in [0.3, 0.4) is 0 Å². The van der Waals surface area contributed by atoms with Crippen molar-refractivity contribution in [1.82, 2.24) is 0 Å². The van der Waals surface area contributed by atoms with Gasteiger partial charge in [0.25, 0.3) is 5.69 Å². The van der Waals surface area contributed by atoms with Gasteiger partial charge in [0.2, 0.25) is 5.91 Å². The Morgan fingerprint density at radius 2 is 1.79 bits per heavy atom. The number of amides is 1. The number of nitro groups is 1. The van der Waals surface area contributed by atoms with Crippen LogP contribution in [0.5, 0.6) is 0 Å². The largest absolute Gasteiger partial charge is 0.478 e. The summed E-state index contributed by atoms with van der Waals surface area (Å²) in [7, 11) is 0. The molecule has 1 aliphatic rings. The number of non-ortho nitro benzene ring substituents is 1. The molecule has 7 nitrogen and oxygen atoms in total. The van der Waals surface area contributed by atoms with Crippen LogP contribution in [0.1, 0.15) is 21.3 Å². The number of nitro benzene ring substituents is 1. The summed E-state index contributed by atoms with van der Waals surface area (Å²) in [6.07, 6.45) is 0. The minimum Gasteiger partial charge on any atom is -0.478 e. The minimum absolute atomic E-state index is 0.00886. The van der Waals surface area contributed by atoms with Crippen molar-refractivity contribution in [3.63, 3.8) is 0 Å². The monoisotopic (exact) mass is 344 g/mol. The molecule has 2 aromatic rings. The van der Waals surface area contributed by atoms with Crippen molar-refractivity contribution in [2.24, 2.45) is 0 Å². The molecule has 0 unspecified atom stereocenters. The number of carbonyl (C=O) groups excluding carboxylic acids is 1. The van der Waals surface area contributed by atoms with Crippen molar-refractivity contribution in [3.05, 3.63) is 69.8 Å². The number of nitrogens with zero attached hydrogens (tertiary/aromatic N) is 2. The highest BCUT2D eigenvalue weighted by Gasteiger charge is 2.34. The fourth-order valence-electron chi connectivity index (χ4n) is 2.48. The van der Waals surface area contributed by atoms with Crippen molar-refractivity contribution in [2.75, 3.05) is 10.7 Å². The molecule has 1 aliphatic heterocycles. The van der Waals surface area contributed by atoms with E-state index in [-0.39, 0.29) is 22.5 Å². The van der Waals surface area contributed by atoms with E-state index in [4.69, 9.17) is 5.11 Å². The molecular formula is C16H12N2O5S. The van der Waals surface area contributed by atoms with Gasteiger partial charge in [0, 0.05) is 17.8 Å². The number of hydrogen-bond donors (Lipinski definition) is 1. The predicted molar refractivity (Wildman–Crippen MR) is 89.2 cm³/mol. The molecule has 1 atom stereocenters. The van der Waals surface area contributed by atoms with Crippen LogP contribution in [0.15, 0.2) is 48.5 Å². The number of carboxylic acids is 1. The average molecular weight is 344 g/mol. The fourth-order valence-corrected chi connectivity index (χ4v) is 3.65. The fraction of sp³-hybridized carbons (Fsp3) is 0.125. The predicted octanol–water partition coefficient (Wildman–Crippen LogP) is 3.07. The molecule has 1 amide bonds. The summed E-state index contributed by atoms with van der Waals surface area (Å²) >= 11 is 1.42. The maximum Gasteiger partial charge on any atom is 0.335 e. The van der Waals surface area contributed by atoms with E-state index in [1.807, 2.05) is 0 Å². The molecule has 3 rings (SSSR count). The van der Waals surface area contributed by atoms with Gasteiger partial charge in [-0.3, -0.25) is 19.8 Å². The van der Waals surface area contributed by atoms with Gasteiger partial charge in [-0.2, -0.15) is 0 Å². The van der Waals surface area contributed by atoms with Gasteiger partial charge in [0.1, 0.15) is 5.37 Å². The van der Waals surface area contributed by atoms with Crippen LogP contribution in [0.4, 0.5) is 11.4 Å². The van der Waals surface area contributed by atoms with Crippen LogP contribution in [0.25, 0.3) is 0 Å². The summed E-state index contributed by atoms with van der Waals surface area (Å²) in [5.41, 5.74) is 1.51. The second-order valence-corrected chi connectivity index (χ2v) is 6.20. The molecule has 1 fully saturated rings. The number of rotatable bonds is 4. The molecule has 0 saturated carbocycles. The van der Waals surface area contributed by atoms with E-state index in [1.165, 1.54) is 36.0 Å². The third-order valence-corrected chi connectivity index (χ3v) is 4.86. The smallest absolute Gasteiger partial charge is 0.335 e. The second kappa shape index (κ2) is 6.32. The second-order valence-electron chi connectivity index (χ2n) is 5.13. The van der Waals surface area contributed by atoms with E-state index in [9.17, 15) is 19.7 Å². The summed E-state index contributed by atoms with van der Waals surface area (Å²) in [4.78, 5) is 35.0. The van der Waals surface area contributed by atoms with Crippen LogP contribution in [0, 0.1) is 10.1 Å². The first kappa shape index (κ1) is 16.0. The Morgan fingerprint density at radius 3 is 2.33 bits per heavy atom. The lowest BCUT2D eigenvalue weighted by atomic mass is 10.1. The summed E-state index contributed by atoms with van der Waals surface area (Å²) < 4.78 is 0. The molecule has 0 aliphatic carbocycles. The summed E-state index contributed by atoms with van der Waals surface area (Å²) in [5.74, 6) is -0.829. The molecule has 0 bridgehead atoms. The molecule has 0 spiro atoms. The molecule has 1 heterocycles. The number of thioether (sulfide) groups is 1. The lowest BCUT2D eigenvalue weighted by Crippen LogP contribution is -2.27. The standard InChI is InChI=1S/C16H12N2O5S/c19-14-9-24-15(10-1-7-13(8-2-10)18(22)23)17(14)12-5-3-11(4-6-12)16(20)21/h1-8,15H,9H2,(H,20,21)/t15-/m0/s1. The third-order valence-electron chi connectivity index (χ3n) is 3.65. The molecule has 0 aromatic heterocycles. The number of carbonyl (C=O) groups is 2. The van der Waals surface area contributed by atoms with E-state index >= 15 is 0 Å². The highest BCUT2D eigenvalue weighted by Crippen LogP contribution is 2.42. The quantitative estimate of drug-likeness (QED) is 0.676. The summed E-state index contributed by atoms with van der Waals surface area (Å²) in [6, 6.07) is 12.1. The van der Waals surface area contributed by atoms with Gasteiger partial charge < -0.3 is 5.11 Å². The van der Waals surface area contributed by atoms with E-state index < -0.39 is 10.9 Å². The van der Waals surface area contributed by atoms with Gasteiger partial charge in [-0.1, -0.05) is 0 Å². The number of carboxylic acid groups (broad SMARTS) is 1. The van der Waals surface area contributed by atoms with Crippen LogP contribution < -0.4 is 4.90 Å². The molecule has 122 valence electrons. The summed E-state index contributed by atoms with van der Waals surface area (Å²) in [5, 5.41) is 19.4. The van der Waals surface area contributed by atoms with E-state index in [0.717, 1.165) is 5.56 Å². The molecular weight excluding hydrogens is 332 g/mol. The topological polar surface area (TPSA) is 101 Å². The van der Waals surface area contributed by atoms with Crippen LogP contribution >= 0.6 is 11.8 Å². The van der Waals surface area contributed by atoms with Crippen LogP contribution in [0.2, 0.25) is 0 Å². The van der Waals surface area contributed by atoms with Gasteiger partial charge in [-0.05, 0) is 42.0 Å². The molecule has 1 saturated heterocycles. The van der Waals surface area contributed by atoms with Crippen molar-refractivity contribution >= 4 is 35.0 Å². The van der Waals surface area contributed by atoms with E-state index in [0.29, 0.717) is 11.4 Å². The van der Waals surface area contributed by atoms with Crippen molar-refractivity contribution in [3.8, 4) is 0 Å². The zero-order valence-corrected chi connectivity index (χ0v) is 13.1. The van der Waals surface area contributed by atoms with Gasteiger partial charge in [0.15, 0.2) is 0 Å². The highest BCUT2D eigenvalue weighted by atomic mass is 32.2. The zero-order valence-electron chi connectivity index (χ0n) is 12.3. The number of anilines is 1. The normalized spacial score (nSPS) is 17.1. The zero-order chi connectivity index (χ0) is 17.3. The minimum atomic E-state index is -1.03. The SMILES string of the molecule is O=C(O)c1ccc(N2C(=O)CS[C@H]2c2ccc([N+](=O)[O-])cc2)cc1. The van der Waals surface area contributed by atoms with Crippen molar-refractivity contribution < 1.29 is 19.6 Å². The Morgan fingerprint density at radius 1 is 1.17 bits per heavy atom. The third kappa shape index (κ3) is 2.95. The Hall–Kier alpha value is -2.87. The Labute approximate surface area is 141 Å². The number of hydrogen-bond acceptors (Lipinski definition) is 5. The molecule has 2 aromatic carbocycles. The van der Waals surface area contributed by atoms with Crippen LogP contribution in [-0.4, -0.2) is 27.7 Å². The van der Waals surface area contributed by atoms with Crippen molar-refractivity contribution in [1.29, 1.82) is 0 Å². The number of aromatic carboxylic acids is 1. The lowest BCUT2D eigenvalue weighted by Gasteiger charge is -2.24. The van der Waals surface area contributed by atoms with Gasteiger partial charge in [-0.25, -0.2) is 4.79 Å². The molecule has 24 heavy (non-hydrogen) atoms. The first-order valence-corrected chi connectivity index (χ1v) is 8.03. The molecule has 8 heteroatoms. The Bertz CT molecular complexity index is 804. The number of benzene rings is 2. The van der Waals surface area contributed by atoms with Crippen molar-refractivity contribution in [2.45, 2.75) is 5.37 Å². The first-order valence-electron chi connectivity index (χ1n) is 6.99. The molecule has 1 N–H and O–H groups in total. The summed E-state index contributed by atoms with van der Waals surface area (Å²) in [6.45, 7) is 0. The maximum absolute atomic E-state index is 12.2. The van der Waals surface area contributed by atoms with E-state index in [2.05, 4.69) is 0 Å². The maximum atomic E-state index is 12.2. The lowest BCUT2D eigenvalue weighted by molar-refractivity contribution is -0.384. The van der Waals surface area contributed by atoms with Crippen LogP contribution in [-0.2, 0) is 4.79 Å². The Kier molecular flexibility index (Phi) is 4.22. The highest BCUT2D eigenvalue weighted by molar-refractivity contribution is 8.00. The first-order chi connectivity index (χ1) is 11.5. The Balaban J connectivity index is 1.91. The molecule has 0 radical (unpaired) electrons. The van der Waals surface area contributed by atoms with E-state index in [1.54, 1.807) is 29.2 Å².